The number of piperidine rings is 1. The van der Waals surface area contributed by atoms with Gasteiger partial charge in [0.25, 0.3) is 11.8 Å². The molecule has 0 radical (unpaired) electrons. The molecule has 0 spiro atoms. The highest BCUT2D eigenvalue weighted by Crippen LogP contribution is 2.20. The van der Waals surface area contributed by atoms with E-state index in [1.165, 1.54) is 12.3 Å². The maximum atomic E-state index is 12.1. The number of hydrogen-bond acceptors (Lipinski definition) is 5. The van der Waals surface area contributed by atoms with Crippen LogP contribution in [0.1, 0.15) is 30.8 Å². The van der Waals surface area contributed by atoms with Gasteiger partial charge < -0.3 is 19.4 Å². The Morgan fingerprint density at radius 3 is 2.61 bits per heavy atom. The fraction of sp³-hybridized carbons (Fsp3) is 0.562. The van der Waals surface area contributed by atoms with Crippen LogP contribution >= 0.6 is 0 Å². The maximum absolute atomic E-state index is 12.1. The van der Waals surface area contributed by atoms with Gasteiger partial charge in [-0.05, 0) is 30.4 Å². The Morgan fingerprint density at radius 1 is 1.30 bits per heavy atom. The van der Waals surface area contributed by atoms with Crippen molar-refractivity contribution in [3.63, 3.8) is 0 Å². The van der Waals surface area contributed by atoms with Crippen LogP contribution in [-0.4, -0.2) is 48.9 Å². The molecule has 7 nitrogen and oxygen atoms in total. The third kappa shape index (κ3) is 5.12. The van der Waals surface area contributed by atoms with Gasteiger partial charge in [0, 0.05) is 13.1 Å². The summed E-state index contributed by atoms with van der Waals surface area (Å²) in [4.78, 5) is 37.0. The van der Waals surface area contributed by atoms with Gasteiger partial charge >= 0.3 is 5.97 Å². The van der Waals surface area contributed by atoms with Crippen molar-refractivity contribution < 1.29 is 23.5 Å². The Balaban J connectivity index is 1.69. The van der Waals surface area contributed by atoms with Gasteiger partial charge in [0.05, 0.1) is 6.26 Å². The number of ether oxygens (including phenoxy) is 1. The Hall–Kier alpha value is -2.31. The first-order chi connectivity index (χ1) is 11.0. The quantitative estimate of drug-likeness (QED) is 0.819. The zero-order valence-corrected chi connectivity index (χ0v) is 13.4. The average molecular weight is 322 g/mol. The molecule has 2 atom stereocenters. The minimum Gasteiger partial charge on any atom is -0.459 e. The van der Waals surface area contributed by atoms with E-state index in [-0.39, 0.29) is 24.8 Å². The molecule has 0 bridgehead atoms. The van der Waals surface area contributed by atoms with Crippen LogP contribution in [0, 0.1) is 11.8 Å². The summed E-state index contributed by atoms with van der Waals surface area (Å²) in [5, 5.41) is 2.37. The fourth-order valence-electron chi connectivity index (χ4n) is 2.80. The van der Waals surface area contributed by atoms with Crippen LogP contribution in [-0.2, 0) is 14.3 Å². The van der Waals surface area contributed by atoms with Crippen molar-refractivity contribution in [3.8, 4) is 0 Å². The van der Waals surface area contributed by atoms with Crippen molar-refractivity contribution in [2.75, 3.05) is 26.2 Å². The van der Waals surface area contributed by atoms with Crippen LogP contribution < -0.4 is 5.32 Å². The molecule has 1 N–H and O–H groups in total. The third-order valence-electron chi connectivity index (χ3n) is 3.72. The van der Waals surface area contributed by atoms with E-state index in [0.717, 1.165) is 6.42 Å². The SMILES string of the molecule is CC1CC(C)CN(C(=O)COC(=O)CNC(=O)c2ccco2)C1. The molecule has 2 amide bonds. The van der Waals surface area contributed by atoms with Crippen molar-refractivity contribution in [3.05, 3.63) is 24.2 Å². The normalized spacial score (nSPS) is 20.9. The van der Waals surface area contributed by atoms with Gasteiger partial charge in [-0.2, -0.15) is 0 Å². The number of hydrogen-bond donors (Lipinski definition) is 1. The number of amides is 2. The van der Waals surface area contributed by atoms with Crippen molar-refractivity contribution in [1.29, 1.82) is 0 Å². The molecule has 1 aliphatic heterocycles. The van der Waals surface area contributed by atoms with Crippen LogP contribution in [0.25, 0.3) is 0 Å². The molecule has 126 valence electrons. The Labute approximate surface area is 135 Å². The van der Waals surface area contributed by atoms with Crippen LogP contribution in [0.5, 0.6) is 0 Å². The van der Waals surface area contributed by atoms with E-state index in [1.807, 2.05) is 0 Å². The first kappa shape index (κ1) is 17.1. The summed E-state index contributed by atoms with van der Waals surface area (Å²) in [6, 6.07) is 3.06. The second-order valence-electron chi connectivity index (χ2n) is 6.07. The van der Waals surface area contributed by atoms with E-state index < -0.39 is 11.9 Å². The number of rotatable bonds is 5. The summed E-state index contributed by atoms with van der Waals surface area (Å²) in [6.45, 7) is 4.98. The van der Waals surface area contributed by atoms with Crippen molar-refractivity contribution >= 4 is 17.8 Å². The number of likely N-dealkylation sites (tertiary alicyclic amines) is 1. The number of carbonyl (C=O) groups excluding carboxylic acids is 3. The lowest BCUT2D eigenvalue weighted by molar-refractivity contribution is -0.152. The monoisotopic (exact) mass is 322 g/mol. The number of nitrogens with one attached hydrogen (secondary N) is 1. The van der Waals surface area contributed by atoms with Crippen molar-refractivity contribution in [2.24, 2.45) is 11.8 Å². The first-order valence-corrected chi connectivity index (χ1v) is 7.70. The van der Waals surface area contributed by atoms with Gasteiger partial charge in [-0.1, -0.05) is 13.8 Å². The topological polar surface area (TPSA) is 88.9 Å². The van der Waals surface area contributed by atoms with E-state index in [1.54, 1.807) is 11.0 Å². The predicted molar refractivity (Wildman–Crippen MR) is 81.5 cm³/mol. The third-order valence-corrected chi connectivity index (χ3v) is 3.72. The molecule has 7 heteroatoms. The molecule has 2 rings (SSSR count). The lowest BCUT2D eigenvalue weighted by Crippen LogP contribution is -2.44. The largest absolute Gasteiger partial charge is 0.459 e. The molecule has 2 unspecified atom stereocenters. The minimum atomic E-state index is -0.656. The van der Waals surface area contributed by atoms with Crippen LogP contribution in [0.2, 0.25) is 0 Å². The molecule has 1 aliphatic rings. The summed E-state index contributed by atoms with van der Waals surface area (Å²) in [7, 11) is 0. The summed E-state index contributed by atoms with van der Waals surface area (Å²) in [6.07, 6.45) is 2.47. The van der Waals surface area contributed by atoms with E-state index in [4.69, 9.17) is 9.15 Å². The minimum absolute atomic E-state index is 0.116. The molecular formula is C16H22N2O5. The lowest BCUT2D eigenvalue weighted by Gasteiger charge is -2.34. The number of carbonyl (C=O) groups is 3. The van der Waals surface area contributed by atoms with Crippen molar-refractivity contribution in [1.82, 2.24) is 10.2 Å². The van der Waals surface area contributed by atoms with Crippen molar-refractivity contribution in [2.45, 2.75) is 20.3 Å². The highest BCUT2D eigenvalue weighted by Gasteiger charge is 2.25. The van der Waals surface area contributed by atoms with Gasteiger partial charge in [-0.3, -0.25) is 14.4 Å². The van der Waals surface area contributed by atoms with Gasteiger partial charge in [-0.25, -0.2) is 0 Å². The van der Waals surface area contributed by atoms with Crippen LogP contribution in [0.15, 0.2) is 22.8 Å². The molecule has 2 heterocycles. The predicted octanol–water partition coefficient (Wildman–Crippen LogP) is 1.06. The number of furan rings is 1. The molecule has 1 saturated heterocycles. The van der Waals surface area contributed by atoms with E-state index >= 15 is 0 Å². The van der Waals surface area contributed by atoms with Gasteiger partial charge in [0.15, 0.2) is 12.4 Å². The second kappa shape index (κ2) is 7.80. The van der Waals surface area contributed by atoms with E-state index in [2.05, 4.69) is 19.2 Å². The Bertz CT molecular complexity index is 545. The molecule has 1 fully saturated rings. The fourth-order valence-corrected chi connectivity index (χ4v) is 2.80. The molecular weight excluding hydrogens is 300 g/mol. The Morgan fingerprint density at radius 2 is 2.00 bits per heavy atom. The molecule has 0 aromatic carbocycles. The highest BCUT2D eigenvalue weighted by molar-refractivity contribution is 5.93. The summed E-state index contributed by atoms with van der Waals surface area (Å²) >= 11 is 0. The molecule has 0 saturated carbocycles. The van der Waals surface area contributed by atoms with Gasteiger partial charge in [-0.15, -0.1) is 0 Å². The number of esters is 1. The molecule has 23 heavy (non-hydrogen) atoms. The standard InChI is InChI=1S/C16H22N2O5/c1-11-6-12(2)9-18(8-11)14(19)10-23-15(20)7-17-16(21)13-4-3-5-22-13/h3-5,11-12H,6-10H2,1-2H3,(H,17,21). The summed E-state index contributed by atoms with van der Waals surface area (Å²) in [5.74, 6) is -0.343. The lowest BCUT2D eigenvalue weighted by atomic mass is 9.92. The molecule has 1 aromatic heterocycles. The smallest absolute Gasteiger partial charge is 0.325 e. The highest BCUT2D eigenvalue weighted by atomic mass is 16.5. The van der Waals surface area contributed by atoms with E-state index in [9.17, 15) is 14.4 Å². The zero-order valence-electron chi connectivity index (χ0n) is 13.4. The van der Waals surface area contributed by atoms with Crippen LogP contribution in [0.4, 0.5) is 0 Å². The summed E-state index contributed by atoms with van der Waals surface area (Å²) in [5.41, 5.74) is 0. The molecule has 0 aliphatic carbocycles. The Kier molecular flexibility index (Phi) is 5.78. The second-order valence-corrected chi connectivity index (χ2v) is 6.07. The van der Waals surface area contributed by atoms with E-state index in [0.29, 0.717) is 24.9 Å². The van der Waals surface area contributed by atoms with Crippen LogP contribution in [0.3, 0.4) is 0 Å². The number of nitrogens with zero attached hydrogens (tertiary/aromatic N) is 1. The summed E-state index contributed by atoms with van der Waals surface area (Å²) < 4.78 is 9.82. The van der Waals surface area contributed by atoms with Gasteiger partial charge in [0.2, 0.25) is 0 Å². The van der Waals surface area contributed by atoms with Gasteiger partial charge in [0.1, 0.15) is 6.54 Å². The zero-order chi connectivity index (χ0) is 16.8. The maximum Gasteiger partial charge on any atom is 0.325 e. The first-order valence-electron chi connectivity index (χ1n) is 7.70. The molecule has 1 aromatic rings. The average Bonchev–Trinajstić information content (AvgIpc) is 3.03.